The number of rotatable bonds is 5. The fourth-order valence-electron chi connectivity index (χ4n) is 2.15. The van der Waals surface area contributed by atoms with Crippen LogP contribution in [0.25, 0.3) is 0 Å². The van der Waals surface area contributed by atoms with E-state index in [1.165, 1.54) is 5.56 Å². The van der Waals surface area contributed by atoms with Crippen molar-refractivity contribution in [3.63, 3.8) is 0 Å². The number of carbonyl (C=O) groups excluding carboxylic acids is 1. The van der Waals surface area contributed by atoms with Gasteiger partial charge in [-0.25, -0.2) is 0 Å². The SMILES string of the molecule is CC(C)(C)c1ccc(OCCNC(=O)c2ccc(Cl)cc2Cl)cc1. The van der Waals surface area contributed by atoms with Crippen LogP contribution in [0.1, 0.15) is 36.7 Å². The minimum atomic E-state index is -0.247. The Kier molecular flexibility index (Phi) is 6.14. The van der Waals surface area contributed by atoms with E-state index in [1.54, 1.807) is 18.2 Å². The first-order chi connectivity index (χ1) is 11.3. The molecule has 1 amide bonds. The van der Waals surface area contributed by atoms with E-state index < -0.39 is 0 Å². The van der Waals surface area contributed by atoms with Crippen LogP contribution in [-0.2, 0) is 5.41 Å². The lowest BCUT2D eigenvalue weighted by Crippen LogP contribution is -2.28. The summed E-state index contributed by atoms with van der Waals surface area (Å²) in [6.07, 6.45) is 0. The zero-order valence-corrected chi connectivity index (χ0v) is 15.5. The first-order valence-electron chi connectivity index (χ1n) is 7.74. The minimum Gasteiger partial charge on any atom is -0.492 e. The monoisotopic (exact) mass is 365 g/mol. The lowest BCUT2D eigenvalue weighted by molar-refractivity contribution is 0.0947. The highest BCUT2D eigenvalue weighted by Crippen LogP contribution is 2.24. The van der Waals surface area contributed by atoms with Crippen molar-refractivity contribution in [1.82, 2.24) is 5.32 Å². The van der Waals surface area contributed by atoms with E-state index in [-0.39, 0.29) is 11.3 Å². The maximum Gasteiger partial charge on any atom is 0.252 e. The van der Waals surface area contributed by atoms with Crippen LogP contribution >= 0.6 is 23.2 Å². The molecule has 3 nitrogen and oxygen atoms in total. The third kappa shape index (κ3) is 5.15. The van der Waals surface area contributed by atoms with Crippen molar-refractivity contribution in [2.45, 2.75) is 26.2 Å². The third-order valence-electron chi connectivity index (χ3n) is 3.55. The fourth-order valence-corrected chi connectivity index (χ4v) is 2.65. The number of nitrogens with one attached hydrogen (secondary N) is 1. The van der Waals surface area contributed by atoms with Crippen molar-refractivity contribution >= 4 is 29.1 Å². The van der Waals surface area contributed by atoms with Gasteiger partial charge in [-0.2, -0.15) is 0 Å². The summed E-state index contributed by atoms with van der Waals surface area (Å²) in [5, 5.41) is 3.60. The molecule has 0 spiro atoms. The number of hydrogen-bond acceptors (Lipinski definition) is 2. The topological polar surface area (TPSA) is 38.3 Å². The van der Waals surface area contributed by atoms with Crippen molar-refractivity contribution in [3.05, 3.63) is 63.6 Å². The second kappa shape index (κ2) is 7.91. The zero-order valence-electron chi connectivity index (χ0n) is 14.0. The molecule has 2 rings (SSSR count). The van der Waals surface area contributed by atoms with Gasteiger partial charge in [0.15, 0.2) is 0 Å². The highest BCUT2D eigenvalue weighted by molar-refractivity contribution is 6.36. The molecule has 24 heavy (non-hydrogen) atoms. The van der Waals surface area contributed by atoms with Gasteiger partial charge < -0.3 is 10.1 Å². The van der Waals surface area contributed by atoms with E-state index in [1.807, 2.05) is 12.1 Å². The van der Waals surface area contributed by atoms with Crippen LogP contribution in [0.4, 0.5) is 0 Å². The maximum atomic E-state index is 12.0. The smallest absolute Gasteiger partial charge is 0.252 e. The normalized spacial score (nSPS) is 11.2. The third-order valence-corrected chi connectivity index (χ3v) is 4.10. The Labute approximate surface area is 152 Å². The average Bonchev–Trinajstić information content (AvgIpc) is 2.51. The minimum absolute atomic E-state index is 0.115. The van der Waals surface area contributed by atoms with Gasteiger partial charge in [-0.3, -0.25) is 4.79 Å². The second-order valence-electron chi connectivity index (χ2n) is 6.50. The van der Waals surface area contributed by atoms with Gasteiger partial charge >= 0.3 is 0 Å². The van der Waals surface area contributed by atoms with Crippen LogP contribution < -0.4 is 10.1 Å². The Morgan fingerprint density at radius 2 is 1.75 bits per heavy atom. The summed E-state index contributed by atoms with van der Waals surface area (Å²) < 4.78 is 5.64. The van der Waals surface area contributed by atoms with E-state index in [0.717, 1.165) is 5.75 Å². The van der Waals surface area contributed by atoms with Gasteiger partial charge in [0, 0.05) is 5.02 Å². The number of halogens is 2. The van der Waals surface area contributed by atoms with Gasteiger partial charge in [0.05, 0.1) is 17.1 Å². The molecular weight excluding hydrogens is 345 g/mol. The second-order valence-corrected chi connectivity index (χ2v) is 7.35. The first-order valence-corrected chi connectivity index (χ1v) is 8.49. The summed E-state index contributed by atoms with van der Waals surface area (Å²) in [6, 6.07) is 12.8. The summed E-state index contributed by atoms with van der Waals surface area (Å²) in [5.41, 5.74) is 1.76. The number of amides is 1. The summed E-state index contributed by atoms with van der Waals surface area (Å²) in [6.45, 7) is 7.27. The van der Waals surface area contributed by atoms with Gasteiger partial charge in [-0.15, -0.1) is 0 Å². The van der Waals surface area contributed by atoms with Crippen molar-refractivity contribution in [3.8, 4) is 5.75 Å². The van der Waals surface area contributed by atoms with E-state index >= 15 is 0 Å². The Bertz CT molecular complexity index is 706. The van der Waals surface area contributed by atoms with Crippen molar-refractivity contribution in [2.24, 2.45) is 0 Å². The largest absolute Gasteiger partial charge is 0.492 e. The standard InChI is InChI=1S/C19H21Cl2NO2/c1-19(2,3)13-4-7-15(8-5-13)24-11-10-22-18(23)16-9-6-14(20)12-17(16)21/h4-9,12H,10-11H2,1-3H3,(H,22,23). The fraction of sp³-hybridized carbons (Fsp3) is 0.316. The maximum absolute atomic E-state index is 12.0. The van der Waals surface area contributed by atoms with E-state index in [9.17, 15) is 4.79 Å². The molecule has 0 aliphatic rings. The molecular formula is C19H21Cl2NO2. The molecule has 0 saturated heterocycles. The molecule has 1 N–H and O–H groups in total. The van der Waals surface area contributed by atoms with Crippen LogP contribution in [0, 0.1) is 0 Å². The highest BCUT2D eigenvalue weighted by atomic mass is 35.5. The zero-order chi connectivity index (χ0) is 17.7. The van der Waals surface area contributed by atoms with Crippen molar-refractivity contribution < 1.29 is 9.53 Å². The van der Waals surface area contributed by atoms with E-state index in [4.69, 9.17) is 27.9 Å². The number of benzene rings is 2. The molecule has 2 aromatic carbocycles. The van der Waals surface area contributed by atoms with Crippen molar-refractivity contribution in [1.29, 1.82) is 0 Å². The molecule has 0 unspecified atom stereocenters. The molecule has 0 saturated carbocycles. The predicted octanol–water partition coefficient (Wildman–Crippen LogP) is 5.10. The van der Waals surface area contributed by atoms with Crippen LogP contribution in [0.2, 0.25) is 10.0 Å². The Hall–Kier alpha value is -1.71. The van der Waals surface area contributed by atoms with Gasteiger partial charge in [0.25, 0.3) is 5.91 Å². The molecule has 0 bridgehead atoms. The molecule has 0 radical (unpaired) electrons. The highest BCUT2D eigenvalue weighted by Gasteiger charge is 2.13. The number of hydrogen-bond donors (Lipinski definition) is 1. The molecule has 0 aromatic heterocycles. The predicted molar refractivity (Wildman–Crippen MR) is 99.4 cm³/mol. The molecule has 2 aromatic rings. The molecule has 0 aliphatic heterocycles. The van der Waals surface area contributed by atoms with Crippen molar-refractivity contribution in [2.75, 3.05) is 13.2 Å². The molecule has 0 aliphatic carbocycles. The van der Waals surface area contributed by atoms with Crippen LogP contribution in [0.5, 0.6) is 5.75 Å². The van der Waals surface area contributed by atoms with Crippen LogP contribution in [0.3, 0.4) is 0 Å². The molecule has 0 heterocycles. The van der Waals surface area contributed by atoms with Gasteiger partial charge in [0.1, 0.15) is 12.4 Å². The van der Waals surface area contributed by atoms with Gasteiger partial charge in [-0.1, -0.05) is 56.1 Å². The lowest BCUT2D eigenvalue weighted by Gasteiger charge is -2.19. The van der Waals surface area contributed by atoms with E-state index in [0.29, 0.717) is 28.8 Å². The van der Waals surface area contributed by atoms with Gasteiger partial charge in [0.2, 0.25) is 0 Å². The summed E-state index contributed by atoms with van der Waals surface area (Å²) >= 11 is 11.8. The van der Waals surface area contributed by atoms with Crippen LogP contribution in [0.15, 0.2) is 42.5 Å². The van der Waals surface area contributed by atoms with Crippen LogP contribution in [-0.4, -0.2) is 19.1 Å². The quantitative estimate of drug-likeness (QED) is 0.748. The Morgan fingerprint density at radius 1 is 1.08 bits per heavy atom. The molecule has 128 valence electrons. The van der Waals surface area contributed by atoms with Gasteiger partial charge in [-0.05, 0) is 41.3 Å². The summed E-state index contributed by atoms with van der Waals surface area (Å²) in [7, 11) is 0. The lowest BCUT2D eigenvalue weighted by atomic mass is 9.87. The van der Waals surface area contributed by atoms with E-state index in [2.05, 4.69) is 38.2 Å². The molecule has 0 fully saturated rings. The summed E-state index contributed by atoms with van der Waals surface area (Å²) in [4.78, 5) is 12.0. The Morgan fingerprint density at radius 3 is 2.33 bits per heavy atom. The average molecular weight is 366 g/mol. The molecule has 0 atom stereocenters. The Balaban J connectivity index is 1.81. The summed E-state index contributed by atoms with van der Waals surface area (Å²) in [5.74, 6) is 0.533. The number of carbonyl (C=O) groups is 1. The first kappa shape index (κ1) is 18.6. The molecule has 5 heteroatoms. The number of ether oxygens (including phenoxy) is 1.